The lowest BCUT2D eigenvalue weighted by molar-refractivity contribution is 0.128. The average Bonchev–Trinajstić information content (AvgIpc) is 3.34. The summed E-state index contributed by atoms with van der Waals surface area (Å²) in [5.74, 6) is 2.50. The molecule has 1 fully saturated rings. The second-order valence-corrected chi connectivity index (χ2v) is 7.70. The van der Waals surface area contributed by atoms with Gasteiger partial charge in [-0.3, -0.25) is 4.99 Å². The summed E-state index contributed by atoms with van der Waals surface area (Å²) < 4.78 is 11.7. The number of rotatable bonds is 8. The van der Waals surface area contributed by atoms with Crippen LogP contribution in [0.25, 0.3) is 0 Å². The highest BCUT2D eigenvalue weighted by Crippen LogP contribution is 2.28. The molecule has 1 saturated carbocycles. The molecule has 1 aliphatic rings. The fourth-order valence-corrected chi connectivity index (χ4v) is 2.41. The zero-order chi connectivity index (χ0) is 18.3. The lowest BCUT2D eigenvalue weighted by atomic mass is 10.1. The zero-order valence-electron chi connectivity index (χ0n) is 16.3. The molecule has 0 atom stereocenters. The van der Waals surface area contributed by atoms with E-state index in [1.165, 1.54) is 18.4 Å². The number of nitrogens with zero attached hydrogens (tertiary/aromatic N) is 1. The van der Waals surface area contributed by atoms with Gasteiger partial charge in [0.25, 0.3) is 0 Å². The molecule has 0 unspecified atom stereocenters. The van der Waals surface area contributed by atoms with Gasteiger partial charge in [-0.2, -0.15) is 0 Å². The van der Waals surface area contributed by atoms with Crippen molar-refractivity contribution >= 4 is 5.96 Å². The Morgan fingerprint density at radius 1 is 1.24 bits per heavy atom. The van der Waals surface area contributed by atoms with Crippen LogP contribution >= 0.6 is 0 Å². The number of aliphatic imine (C=N–C) groups is 1. The quantitative estimate of drug-likeness (QED) is 0.430. The topological polar surface area (TPSA) is 54.9 Å². The molecule has 0 aromatic heterocycles. The average molecular weight is 348 g/mol. The van der Waals surface area contributed by atoms with Crippen LogP contribution < -0.4 is 15.4 Å². The van der Waals surface area contributed by atoms with Gasteiger partial charge in [0.15, 0.2) is 5.96 Å². The van der Waals surface area contributed by atoms with Gasteiger partial charge in [0.1, 0.15) is 11.4 Å². The molecule has 0 spiro atoms. The maximum atomic E-state index is 6.10. The van der Waals surface area contributed by atoms with Crippen molar-refractivity contribution in [2.75, 3.05) is 26.8 Å². The van der Waals surface area contributed by atoms with E-state index in [2.05, 4.69) is 61.5 Å². The smallest absolute Gasteiger partial charge is 0.191 e. The number of hydrogen-bond acceptors (Lipinski definition) is 3. The van der Waals surface area contributed by atoms with Crippen LogP contribution in [0, 0.1) is 12.8 Å². The van der Waals surface area contributed by atoms with E-state index in [0.29, 0.717) is 13.2 Å². The fourth-order valence-electron chi connectivity index (χ4n) is 2.41. The van der Waals surface area contributed by atoms with E-state index in [1.54, 1.807) is 7.05 Å². The lowest BCUT2D eigenvalue weighted by Crippen LogP contribution is -2.38. The van der Waals surface area contributed by atoms with Gasteiger partial charge in [0.2, 0.25) is 0 Å². The number of aryl methyl sites for hydroxylation is 1. The Hall–Kier alpha value is -1.75. The van der Waals surface area contributed by atoms with Crippen LogP contribution in [0.2, 0.25) is 0 Å². The van der Waals surface area contributed by atoms with E-state index < -0.39 is 0 Å². The van der Waals surface area contributed by atoms with E-state index in [1.807, 2.05) is 0 Å². The highest BCUT2D eigenvalue weighted by molar-refractivity contribution is 5.79. The maximum absolute atomic E-state index is 6.10. The zero-order valence-corrected chi connectivity index (χ0v) is 16.3. The second kappa shape index (κ2) is 9.09. The summed E-state index contributed by atoms with van der Waals surface area (Å²) in [6.45, 7) is 11.3. The van der Waals surface area contributed by atoms with E-state index in [4.69, 9.17) is 9.47 Å². The van der Waals surface area contributed by atoms with Crippen LogP contribution in [0.5, 0.6) is 5.75 Å². The number of hydrogen-bond donors (Lipinski definition) is 2. The number of nitrogens with one attached hydrogen (secondary N) is 2. The van der Waals surface area contributed by atoms with Crippen LogP contribution in [0.4, 0.5) is 0 Å². The first kappa shape index (κ1) is 19.6. The monoisotopic (exact) mass is 347 g/mol. The van der Waals surface area contributed by atoms with Crippen molar-refractivity contribution in [2.45, 2.75) is 52.7 Å². The summed E-state index contributed by atoms with van der Waals surface area (Å²) in [5, 5.41) is 6.63. The fraction of sp³-hybridized carbons (Fsp3) is 0.650. The predicted molar refractivity (Wildman–Crippen MR) is 103 cm³/mol. The van der Waals surface area contributed by atoms with Gasteiger partial charge in [-0.05, 0) is 58.1 Å². The lowest BCUT2D eigenvalue weighted by Gasteiger charge is -2.24. The molecule has 1 aliphatic carbocycles. The largest absolute Gasteiger partial charge is 0.488 e. The van der Waals surface area contributed by atoms with Gasteiger partial charge >= 0.3 is 0 Å². The van der Waals surface area contributed by atoms with Crippen LogP contribution in [0.1, 0.15) is 44.7 Å². The summed E-state index contributed by atoms with van der Waals surface area (Å²) in [7, 11) is 1.78. The van der Waals surface area contributed by atoms with Crippen LogP contribution in [-0.4, -0.2) is 38.4 Å². The minimum Gasteiger partial charge on any atom is -0.488 e. The molecule has 2 N–H and O–H groups in total. The summed E-state index contributed by atoms with van der Waals surface area (Å²) in [5.41, 5.74) is 2.09. The number of ether oxygens (including phenoxy) is 2. The normalized spacial score (nSPS) is 15.2. The maximum Gasteiger partial charge on any atom is 0.191 e. The molecule has 5 nitrogen and oxygen atoms in total. The Morgan fingerprint density at radius 2 is 2.00 bits per heavy atom. The van der Waals surface area contributed by atoms with Crippen LogP contribution in [0.15, 0.2) is 23.2 Å². The summed E-state index contributed by atoms with van der Waals surface area (Å²) in [6, 6.07) is 6.30. The molecule has 0 amide bonds. The van der Waals surface area contributed by atoms with Gasteiger partial charge in [-0.1, -0.05) is 12.1 Å². The molecule has 0 radical (unpaired) electrons. The van der Waals surface area contributed by atoms with E-state index >= 15 is 0 Å². The Balaban J connectivity index is 1.81. The SMILES string of the molecule is CN=C(NCCOCC1CC1)NCc1ccc(C)cc1OC(C)(C)C. The van der Waals surface area contributed by atoms with Crippen molar-refractivity contribution in [3.8, 4) is 5.75 Å². The second-order valence-electron chi connectivity index (χ2n) is 7.70. The van der Waals surface area contributed by atoms with Crippen molar-refractivity contribution in [1.29, 1.82) is 0 Å². The molecular formula is C20H33N3O2. The number of guanidine groups is 1. The highest BCUT2D eigenvalue weighted by Gasteiger charge is 2.20. The molecule has 0 saturated heterocycles. The van der Waals surface area contributed by atoms with Crippen molar-refractivity contribution in [1.82, 2.24) is 10.6 Å². The molecule has 0 bridgehead atoms. The van der Waals surface area contributed by atoms with Crippen molar-refractivity contribution in [2.24, 2.45) is 10.9 Å². The predicted octanol–water partition coefficient (Wildman–Crippen LogP) is 3.26. The third-order valence-corrected chi connectivity index (χ3v) is 3.90. The molecule has 1 aromatic rings. The van der Waals surface area contributed by atoms with Gasteiger partial charge < -0.3 is 20.1 Å². The first-order valence-corrected chi connectivity index (χ1v) is 9.18. The highest BCUT2D eigenvalue weighted by atomic mass is 16.5. The van der Waals surface area contributed by atoms with Crippen molar-refractivity contribution in [3.05, 3.63) is 29.3 Å². The first-order chi connectivity index (χ1) is 11.9. The molecule has 0 heterocycles. The summed E-state index contributed by atoms with van der Waals surface area (Å²) in [4.78, 5) is 4.27. The van der Waals surface area contributed by atoms with E-state index in [-0.39, 0.29) is 5.60 Å². The third kappa shape index (κ3) is 7.78. The Bertz CT molecular complexity index is 575. The summed E-state index contributed by atoms with van der Waals surface area (Å²) in [6.07, 6.45) is 2.65. The van der Waals surface area contributed by atoms with Gasteiger partial charge in [0, 0.05) is 32.3 Å². The van der Waals surface area contributed by atoms with E-state index in [9.17, 15) is 0 Å². The van der Waals surface area contributed by atoms with Crippen molar-refractivity contribution in [3.63, 3.8) is 0 Å². The Morgan fingerprint density at radius 3 is 2.64 bits per heavy atom. The van der Waals surface area contributed by atoms with Crippen LogP contribution in [0.3, 0.4) is 0 Å². The minimum atomic E-state index is -0.221. The molecule has 5 heteroatoms. The minimum absolute atomic E-state index is 0.221. The molecular weight excluding hydrogens is 314 g/mol. The molecule has 0 aliphatic heterocycles. The Labute approximate surface area is 152 Å². The molecule has 2 rings (SSSR count). The molecule has 25 heavy (non-hydrogen) atoms. The summed E-state index contributed by atoms with van der Waals surface area (Å²) >= 11 is 0. The Kier molecular flexibility index (Phi) is 7.12. The van der Waals surface area contributed by atoms with Gasteiger partial charge in [-0.15, -0.1) is 0 Å². The van der Waals surface area contributed by atoms with Gasteiger partial charge in [-0.25, -0.2) is 0 Å². The number of benzene rings is 1. The van der Waals surface area contributed by atoms with Crippen molar-refractivity contribution < 1.29 is 9.47 Å². The molecule has 140 valence electrons. The van der Waals surface area contributed by atoms with Gasteiger partial charge in [0.05, 0.1) is 6.61 Å². The van der Waals surface area contributed by atoms with Crippen LogP contribution in [-0.2, 0) is 11.3 Å². The molecule has 1 aromatic carbocycles. The first-order valence-electron chi connectivity index (χ1n) is 9.18. The third-order valence-electron chi connectivity index (χ3n) is 3.90. The standard InChI is InChI=1S/C20H33N3O2/c1-15-6-9-17(18(12-15)25-20(2,3)4)13-23-19(21-5)22-10-11-24-14-16-7-8-16/h6,9,12,16H,7-8,10-11,13-14H2,1-5H3,(H2,21,22,23). The van der Waals surface area contributed by atoms with E-state index in [0.717, 1.165) is 36.3 Å².